The number of benzene rings is 2. The average molecular weight is 421 g/mol. The van der Waals surface area contributed by atoms with Gasteiger partial charge in [0.05, 0.1) is 17.6 Å². The van der Waals surface area contributed by atoms with Crippen LogP contribution in [0.1, 0.15) is 31.4 Å². The van der Waals surface area contributed by atoms with Gasteiger partial charge in [-0.15, -0.1) is 11.8 Å². The zero-order chi connectivity index (χ0) is 20.9. The Kier molecular flexibility index (Phi) is 7.55. The number of hydrogen-bond donors (Lipinski definition) is 1. The lowest BCUT2D eigenvalue weighted by Gasteiger charge is -2.31. The second-order valence-corrected chi connectivity index (χ2v) is 9.86. The van der Waals surface area contributed by atoms with E-state index in [4.69, 9.17) is 0 Å². The van der Waals surface area contributed by atoms with E-state index in [1.807, 2.05) is 70.2 Å². The van der Waals surface area contributed by atoms with Crippen molar-refractivity contribution in [2.75, 3.05) is 21.6 Å². The number of carbonyl (C=O) groups excluding carboxylic acids is 1. The molecule has 28 heavy (non-hydrogen) atoms. The molecular formula is C21H28N2O3S2. The van der Waals surface area contributed by atoms with Gasteiger partial charge in [0.1, 0.15) is 6.04 Å². The number of sulfonamides is 1. The van der Waals surface area contributed by atoms with Gasteiger partial charge in [0.15, 0.2) is 0 Å². The summed E-state index contributed by atoms with van der Waals surface area (Å²) in [5.74, 6) is 0.542. The largest absolute Gasteiger partial charge is 0.323 e. The molecule has 1 N–H and O–H groups in total. The number of nitrogens with zero attached hydrogens (tertiary/aromatic N) is 1. The maximum atomic E-state index is 13.1. The van der Waals surface area contributed by atoms with Crippen LogP contribution in [0.4, 0.5) is 11.4 Å². The number of hydrogen-bond acceptors (Lipinski definition) is 4. The summed E-state index contributed by atoms with van der Waals surface area (Å²) < 4.78 is 26.6. The topological polar surface area (TPSA) is 66.5 Å². The SMILES string of the molecule is CCSc1ccccc1NC(=O)[C@@H](CC)N(c1cc(C)ccc1C)S(C)(=O)=O. The van der Waals surface area contributed by atoms with Gasteiger partial charge in [0.25, 0.3) is 0 Å². The van der Waals surface area contributed by atoms with E-state index in [1.165, 1.54) is 4.31 Å². The third kappa shape index (κ3) is 5.29. The predicted molar refractivity (Wildman–Crippen MR) is 119 cm³/mol. The van der Waals surface area contributed by atoms with Crippen LogP contribution in [-0.4, -0.2) is 32.4 Å². The number of amides is 1. The molecule has 0 radical (unpaired) electrons. The highest BCUT2D eigenvalue weighted by Gasteiger charge is 2.32. The molecule has 2 aromatic carbocycles. The van der Waals surface area contributed by atoms with Crippen LogP contribution in [-0.2, 0) is 14.8 Å². The van der Waals surface area contributed by atoms with Crippen molar-refractivity contribution in [2.45, 2.75) is 45.1 Å². The molecular weight excluding hydrogens is 392 g/mol. The van der Waals surface area contributed by atoms with Crippen molar-refractivity contribution >= 4 is 39.1 Å². The van der Waals surface area contributed by atoms with E-state index < -0.39 is 16.1 Å². The summed E-state index contributed by atoms with van der Waals surface area (Å²) in [4.78, 5) is 14.1. The normalized spacial score (nSPS) is 12.5. The van der Waals surface area contributed by atoms with Gasteiger partial charge in [-0.2, -0.15) is 0 Å². The molecule has 0 aliphatic rings. The number of para-hydroxylation sites is 1. The fraction of sp³-hybridized carbons (Fsp3) is 0.381. The maximum Gasteiger partial charge on any atom is 0.248 e. The molecule has 0 unspecified atom stereocenters. The zero-order valence-corrected chi connectivity index (χ0v) is 18.7. The highest BCUT2D eigenvalue weighted by molar-refractivity contribution is 7.99. The first-order chi connectivity index (χ1) is 13.2. The molecule has 1 amide bonds. The van der Waals surface area contributed by atoms with Crippen LogP contribution in [0.5, 0.6) is 0 Å². The molecule has 152 valence electrons. The second-order valence-electron chi connectivity index (χ2n) is 6.69. The quantitative estimate of drug-likeness (QED) is 0.634. The Morgan fingerprint density at radius 3 is 2.43 bits per heavy atom. The van der Waals surface area contributed by atoms with E-state index in [1.54, 1.807) is 11.8 Å². The summed E-state index contributed by atoms with van der Waals surface area (Å²) in [6.07, 6.45) is 1.50. The summed E-state index contributed by atoms with van der Waals surface area (Å²) in [5.41, 5.74) is 2.99. The molecule has 7 heteroatoms. The van der Waals surface area contributed by atoms with E-state index in [9.17, 15) is 13.2 Å². The highest BCUT2D eigenvalue weighted by atomic mass is 32.2. The van der Waals surface area contributed by atoms with Crippen molar-refractivity contribution in [1.29, 1.82) is 0 Å². The fourth-order valence-electron chi connectivity index (χ4n) is 3.06. The molecule has 2 aromatic rings. The smallest absolute Gasteiger partial charge is 0.248 e. The van der Waals surface area contributed by atoms with Gasteiger partial charge < -0.3 is 5.32 Å². The first-order valence-corrected chi connectivity index (χ1v) is 12.1. The van der Waals surface area contributed by atoms with Crippen molar-refractivity contribution in [3.05, 3.63) is 53.6 Å². The molecule has 5 nitrogen and oxygen atoms in total. The number of nitrogens with one attached hydrogen (secondary N) is 1. The molecule has 0 spiro atoms. The van der Waals surface area contributed by atoms with Crippen molar-refractivity contribution in [3.8, 4) is 0 Å². The summed E-state index contributed by atoms with van der Waals surface area (Å²) >= 11 is 1.63. The van der Waals surface area contributed by atoms with E-state index in [-0.39, 0.29) is 5.91 Å². The maximum absolute atomic E-state index is 13.1. The average Bonchev–Trinajstić information content (AvgIpc) is 2.62. The minimum atomic E-state index is -3.66. The van der Waals surface area contributed by atoms with Crippen molar-refractivity contribution in [2.24, 2.45) is 0 Å². The number of thioether (sulfide) groups is 1. The minimum Gasteiger partial charge on any atom is -0.323 e. The van der Waals surface area contributed by atoms with E-state index in [2.05, 4.69) is 5.32 Å². The van der Waals surface area contributed by atoms with Gasteiger partial charge in [-0.25, -0.2) is 8.42 Å². The van der Waals surface area contributed by atoms with Gasteiger partial charge in [-0.1, -0.05) is 38.1 Å². The summed E-state index contributed by atoms with van der Waals surface area (Å²) in [7, 11) is -3.66. The Hall–Kier alpha value is -1.99. The number of anilines is 2. The number of aryl methyl sites for hydroxylation is 2. The monoisotopic (exact) mass is 420 g/mol. The van der Waals surface area contributed by atoms with Crippen LogP contribution in [0.3, 0.4) is 0 Å². The fourth-order valence-corrected chi connectivity index (χ4v) is 5.08. The van der Waals surface area contributed by atoms with Gasteiger partial charge in [-0.3, -0.25) is 9.10 Å². The molecule has 0 aliphatic carbocycles. The summed E-state index contributed by atoms with van der Waals surface area (Å²) in [6, 6.07) is 12.3. The molecule has 0 aromatic heterocycles. The molecule has 0 aliphatic heterocycles. The lowest BCUT2D eigenvalue weighted by atomic mass is 10.1. The van der Waals surface area contributed by atoms with Crippen molar-refractivity contribution in [3.63, 3.8) is 0 Å². The molecule has 1 atom stereocenters. The summed E-state index contributed by atoms with van der Waals surface area (Å²) in [6.45, 7) is 7.62. The number of rotatable bonds is 8. The zero-order valence-electron chi connectivity index (χ0n) is 17.0. The first kappa shape index (κ1) is 22.3. The summed E-state index contributed by atoms with van der Waals surface area (Å²) in [5, 5.41) is 2.94. The second kappa shape index (κ2) is 9.47. The first-order valence-electron chi connectivity index (χ1n) is 9.28. The van der Waals surface area contributed by atoms with Gasteiger partial charge >= 0.3 is 0 Å². The molecule has 0 fully saturated rings. The standard InChI is InChI=1S/C21H28N2O3S2/c1-6-18(21(24)22-17-10-8-9-11-20(17)27-7-2)23(28(5,25)26)19-14-15(3)12-13-16(19)4/h8-14,18H,6-7H2,1-5H3,(H,22,24)/t18-/m1/s1. The Morgan fingerprint density at radius 1 is 1.14 bits per heavy atom. The van der Waals surface area contributed by atoms with Crippen LogP contribution in [0.2, 0.25) is 0 Å². The van der Waals surface area contributed by atoms with Gasteiger partial charge in [0.2, 0.25) is 15.9 Å². The Bertz CT molecular complexity index is 942. The Morgan fingerprint density at radius 2 is 1.82 bits per heavy atom. The Labute approximate surface area is 172 Å². The minimum absolute atomic E-state index is 0.335. The molecule has 2 rings (SSSR count). The Balaban J connectivity index is 2.44. The lowest BCUT2D eigenvalue weighted by molar-refractivity contribution is -0.117. The molecule has 0 saturated carbocycles. The van der Waals surface area contributed by atoms with Crippen LogP contribution in [0, 0.1) is 13.8 Å². The van der Waals surface area contributed by atoms with E-state index in [0.29, 0.717) is 17.8 Å². The van der Waals surface area contributed by atoms with E-state index >= 15 is 0 Å². The predicted octanol–water partition coefficient (Wildman–Crippen LogP) is 4.60. The van der Waals surface area contributed by atoms with E-state index in [0.717, 1.165) is 28.0 Å². The van der Waals surface area contributed by atoms with Crippen LogP contribution in [0.25, 0.3) is 0 Å². The van der Waals surface area contributed by atoms with Crippen LogP contribution >= 0.6 is 11.8 Å². The van der Waals surface area contributed by atoms with Gasteiger partial charge in [-0.05, 0) is 55.3 Å². The van der Waals surface area contributed by atoms with Crippen molar-refractivity contribution in [1.82, 2.24) is 0 Å². The third-order valence-corrected chi connectivity index (χ3v) is 6.50. The molecule has 0 heterocycles. The third-order valence-electron chi connectivity index (χ3n) is 4.38. The number of carbonyl (C=O) groups is 1. The highest BCUT2D eigenvalue weighted by Crippen LogP contribution is 2.30. The van der Waals surface area contributed by atoms with Crippen LogP contribution in [0.15, 0.2) is 47.4 Å². The lowest BCUT2D eigenvalue weighted by Crippen LogP contribution is -2.47. The molecule has 0 saturated heterocycles. The van der Waals surface area contributed by atoms with Crippen molar-refractivity contribution < 1.29 is 13.2 Å². The molecule has 0 bridgehead atoms. The van der Waals surface area contributed by atoms with Gasteiger partial charge in [0, 0.05) is 4.90 Å². The van der Waals surface area contributed by atoms with Crippen LogP contribution < -0.4 is 9.62 Å².